The molecule has 1 rings (SSSR count). The second kappa shape index (κ2) is 7.65. The number of benzene rings is 1. The number of nitrogens with one attached hydrogen (secondary N) is 1. The number of hydrogen-bond donors (Lipinski definition) is 1. The molecule has 0 radical (unpaired) electrons. The zero-order valence-electron chi connectivity index (χ0n) is 12.3. The van der Waals surface area contributed by atoms with E-state index in [-0.39, 0.29) is 17.5 Å². The summed E-state index contributed by atoms with van der Waals surface area (Å²) in [4.78, 5) is 10.7. The lowest BCUT2D eigenvalue weighted by Gasteiger charge is -2.12. The maximum atomic E-state index is 11.1. The second-order valence-corrected chi connectivity index (χ2v) is 5.14. The first-order chi connectivity index (χ1) is 9.43. The number of nitrogens with zero attached hydrogens (tertiary/aromatic N) is 1. The van der Waals surface area contributed by atoms with Crippen LogP contribution in [0.4, 0.5) is 5.69 Å². The summed E-state index contributed by atoms with van der Waals surface area (Å²) in [5.41, 5.74) is 0.860. The van der Waals surface area contributed by atoms with Crippen molar-refractivity contribution in [1.29, 1.82) is 0 Å². The minimum Gasteiger partial charge on any atom is -0.480 e. The molecule has 0 spiro atoms. The number of hydrogen-bond acceptors (Lipinski definition) is 4. The predicted molar refractivity (Wildman–Crippen MR) is 79.9 cm³/mol. The first kappa shape index (κ1) is 16.2. The Morgan fingerprint density at radius 1 is 1.45 bits per heavy atom. The minimum atomic E-state index is -0.420. The second-order valence-electron chi connectivity index (χ2n) is 5.14. The molecule has 0 aromatic heterocycles. The van der Waals surface area contributed by atoms with E-state index in [1.807, 2.05) is 6.07 Å². The van der Waals surface area contributed by atoms with E-state index in [4.69, 9.17) is 4.74 Å². The maximum absolute atomic E-state index is 11.1. The number of ether oxygens (including phenoxy) is 1. The van der Waals surface area contributed by atoms with Crippen LogP contribution in [0, 0.1) is 16.0 Å². The van der Waals surface area contributed by atoms with Gasteiger partial charge in [0.05, 0.1) is 4.92 Å². The van der Waals surface area contributed by atoms with Crippen molar-refractivity contribution in [2.45, 2.75) is 33.4 Å². The highest BCUT2D eigenvalue weighted by Crippen LogP contribution is 2.29. The topological polar surface area (TPSA) is 64.4 Å². The van der Waals surface area contributed by atoms with Gasteiger partial charge in [0, 0.05) is 12.6 Å². The monoisotopic (exact) mass is 278 g/mol. The van der Waals surface area contributed by atoms with Gasteiger partial charge < -0.3 is 10.1 Å². The summed E-state index contributed by atoms with van der Waals surface area (Å²) in [7, 11) is 0. The smallest absolute Gasteiger partial charge is 0.311 e. The average Bonchev–Trinajstić information content (AvgIpc) is 2.39. The maximum Gasteiger partial charge on any atom is 0.311 e. The first-order valence-electron chi connectivity index (χ1n) is 6.71. The van der Waals surface area contributed by atoms with Crippen molar-refractivity contribution in [3.63, 3.8) is 0 Å². The molecule has 20 heavy (non-hydrogen) atoms. The van der Waals surface area contributed by atoms with Gasteiger partial charge in [0.2, 0.25) is 0 Å². The summed E-state index contributed by atoms with van der Waals surface area (Å²) in [5, 5.41) is 14.4. The van der Waals surface area contributed by atoms with Crippen molar-refractivity contribution in [2.24, 2.45) is 5.92 Å². The Labute approximate surface area is 119 Å². The summed E-state index contributed by atoms with van der Waals surface area (Å²) >= 11 is 0. The van der Waals surface area contributed by atoms with E-state index in [1.165, 1.54) is 0 Å². The van der Waals surface area contributed by atoms with Crippen LogP contribution in [0.3, 0.4) is 0 Å². The molecule has 1 unspecified atom stereocenters. The Hall–Kier alpha value is -1.88. The van der Waals surface area contributed by atoms with E-state index in [1.54, 1.807) is 25.1 Å². The fraction of sp³-hybridized carbons (Fsp3) is 0.467. The van der Waals surface area contributed by atoms with E-state index in [0.29, 0.717) is 12.5 Å². The molecule has 0 aliphatic carbocycles. The summed E-state index contributed by atoms with van der Waals surface area (Å²) < 4.78 is 5.47. The van der Waals surface area contributed by atoms with Crippen molar-refractivity contribution in [1.82, 2.24) is 5.32 Å². The van der Waals surface area contributed by atoms with Crippen LogP contribution in [0.25, 0.3) is 0 Å². The molecule has 5 heteroatoms. The van der Waals surface area contributed by atoms with Crippen LogP contribution in [0.1, 0.15) is 26.3 Å². The van der Waals surface area contributed by atoms with Gasteiger partial charge in [0.25, 0.3) is 0 Å². The van der Waals surface area contributed by atoms with Gasteiger partial charge in [-0.05, 0) is 31.0 Å². The van der Waals surface area contributed by atoms with Gasteiger partial charge in [-0.15, -0.1) is 0 Å². The first-order valence-corrected chi connectivity index (χ1v) is 6.71. The highest BCUT2D eigenvalue weighted by Gasteiger charge is 2.17. The third kappa shape index (κ3) is 5.01. The van der Waals surface area contributed by atoms with Crippen molar-refractivity contribution >= 4 is 5.69 Å². The molecule has 0 aliphatic heterocycles. The zero-order chi connectivity index (χ0) is 15.1. The van der Waals surface area contributed by atoms with Crippen LogP contribution in [-0.2, 0) is 6.54 Å². The Kier molecular flexibility index (Phi) is 6.18. The Morgan fingerprint density at radius 2 is 2.15 bits per heavy atom. The summed E-state index contributed by atoms with van der Waals surface area (Å²) in [6, 6.07) is 5.04. The Morgan fingerprint density at radius 3 is 2.70 bits per heavy atom. The standard InChI is InChI=1S/C15H22N2O3/c1-5-12(4)20-15-7-6-13(8-14(15)17(18)19)10-16-9-11(2)3/h5-8,11-12,16H,1,9-10H2,2-4H3. The molecule has 0 saturated carbocycles. The molecular formula is C15H22N2O3. The van der Waals surface area contributed by atoms with Gasteiger partial charge in [-0.1, -0.05) is 32.6 Å². The quantitative estimate of drug-likeness (QED) is 0.450. The van der Waals surface area contributed by atoms with Crippen LogP contribution in [0.5, 0.6) is 5.75 Å². The van der Waals surface area contributed by atoms with Crippen molar-refractivity contribution in [3.8, 4) is 5.75 Å². The number of nitro benzene ring substituents is 1. The number of rotatable bonds is 8. The molecule has 0 saturated heterocycles. The lowest BCUT2D eigenvalue weighted by Crippen LogP contribution is -2.19. The Bertz CT molecular complexity index is 472. The molecule has 5 nitrogen and oxygen atoms in total. The van der Waals surface area contributed by atoms with Gasteiger partial charge in [0.15, 0.2) is 5.75 Å². The SMILES string of the molecule is C=CC(C)Oc1ccc(CNCC(C)C)cc1[N+](=O)[O-]. The van der Waals surface area contributed by atoms with E-state index in [0.717, 1.165) is 12.1 Å². The van der Waals surface area contributed by atoms with Crippen LogP contribution in [-0.4, -0.2) is 17.6 Å². The largest absolute Gasteiger partial charge is 0.480 e. The predicted octanol–water partition coefficient (Wildman–Crippen LogP) is 3.29. The molecular weight excluding hydrogens is 256 g/mol. The fourth-order valence-electron chi connectivity index (χ4n) is 1.67. The van der Waals surface area contributed by atoms with Crippen LogP contribution in [0.15, 0.2) is 30.9 Å². The lowest BCUT2D eigenvalue weighted by atomic mass is 10.1. The highest BCUT2D eigenvalue weighted by atomic mass is 16.6. The molecule has 0 fully saturated rings. The van der Waals surface area contributed by atoms with Crippen molar-refractivity contribution in [2.75, 3.05) is 6.54 Å². The Balaban J connectivity index is 2.84. The third-order valence-electron chi connectivity index (χ3n) is 2.75. The summed E-state index contributed by atoms with van der Waals surface area (Å²) in [5.74, 6) is 0.816. The van der Waals surface area contributed by atoms with E-state index in [2.05, 4.69) is 25.7 Å². The fourth-order valence-corrected chi connectivity index (χ4v) is 1.67. The average molecular weight is 278 g/mol. The van der Waals surface area contributed by atoms with Gasteiger partial charge in [0.1, 0.15) is 6.10 Å². The van der Waals surface area contributed by atoms with Crippen LogP contribution < -0.4 is 10.1 Å². The molecule has 1 N–H and O–H groups in total. The van der Waals surface area contributed by atoms with Crippen molar-refractivity contribution in [3.05, 3.63) is 46.5 Å². The normalized spacial score (nSPS) is 12.2. The molecule has 1 atom stereocenters. The van der Waals surface area contributed by atoms with Gasteiger partial charge in [-0.2, -0.15) is 0 Å². The molecule has 0 bridgehead atoms. The molecule has 110 valence electrons. The van der Waals surface area contributed by atoms with Gasteiger partial charge >= 0.3 is 5.69 Å². The third-order valence-corrected chi connectivity index (χ3v) is 2.75. The zero-order valence-corrected chi connectivity index (χ0v) is 12.3. The van der Waals surface area contributed by atoms with E-state index < -0.39 is 4.92 Å². The lowest BCUT2D eigenvalue weighted by molar-refractivity contribution is -0.386. The summed E-state index contributed by atoms with van der Waals surface area (Å²) in [6.07, 6.45) is 1.33. The molecule has 1 aromatic rings. The van der Waals surface area contributed by atoms with E-state index >= 15 is 0 Å². The molecule has 0 heterocycles. The number of nitro groups is 1. The molecule has 1 aromatic carbocycles. The molecule has 0 amide bonds. The van der Waals surface area contributed by atoms with Crippen LogP contribution in [0.2, 0.25) is 0 Å². The van der Waals surface area contributed by atoms with E-state index in [9.17, 15) is 10.1 Å². The minimum absolute atomic E-state index is 0.0115. The van der Waals surface area contributed by atoms with Gasteiger partial charge in [-0.3, -0.25) is 10.1 Å². The molecule has 0 aliphatic rings. The highest BCUT2D eigenvalue weighted by molar-refractivity contribution is 5.48. The van der Waals surface area contributed by atoms with Crippen molar-refractivity contribution < 1.29 is 9.66 Å². The summed E-state index contributed by atoms with van der Waals surface area (Å²) in [6.45, 7) is 11.1. The van der Waals surface area contributed by atoms with Crippen LogP contribution >= 0.6 is 0 Å². The van der Waals surface area contributed by atoms with Gasteiger partial charge in [-0.25, -0.2) is 0 Å².